The first-order valence-corrected chi connectivity index (χ1v) is 11.8. The van der Waals surface area contributed by atoms with E-state index in [4.69, 9.17) is 0 Å². The first kappa shape index (κ1) is 24.4. The number of piperazine rings is 1. The first-order valence-electron chi connectivity index (χ1n) is 9.51. The molecule has 1 saturated heterocycles. The highest BCUT2D eigenvalue weighted by Gasteiger charge is 2.51. The molecule has 2 unspecified atom stereocenters. The lowest BCUT2D eigenvalue weighted by molar-refractivity contribution is -0.258. The summed E-state index contributed by atoms with van der Waals surface area (Å²) in [5, 5.41) is 19.6. The number of benzene rings is 1. The van der Waals surface area contributed by atoms with Gasteiger partial charge in [0.05, 0.1) is 0 Å². The minimum absolute atomic E-state index is 0.0811. The van der Waals surface area contributed by atoms with E-state index >= 15 is 0 Å². The highest BCUT2D eigenvalue weighted by atomic mass is 32.2. The van der Waals surface area contributed by atoms with Crippen LogP contribution in [0.1, 0.15) is 26.3 Å². The van der Waals surface area contributed by atoms with Gasteiger partial charge in [-0.05, 0) is 31.5 Å². The van der Waals surface area contributed by atoms with E-state index in [1.54, 1.807) is 6.92 Å². The maximum Gasteiger partial charge on any atom is 0.421 e. The van der Waals surface area contributed by atoms with Crippen LogP contribution in [-0.4, -0.2) is 65.8 Å². The Morgan fingerprint density at radius 1 is 1.22 bits per heavy atom. The quantitative estimate of drug-likeness (QED) is 0.614. The van der Waals surface area contributed by atoms with Crippen LogP contribution >= 0.6 is 11.3 Å². The van der Waals surface area contributed by atoms with Crippen molar-refractivity contribution in [2.24, 2.45) is 0 Å². The summed E-state index contributed by atoms with van der Waals surface area (Å²) < 4.78 is 65.9. The van der Waals surface area contributed by atoms with Crippen molar-refractivity contribution in [3.63, 3.8) is 0 Å². The Hall–Kier alpha value is -2.29. The van der Waals surface area contributed by atoms with Crippen molar-refractivity contribution in [2.45, 2.75) is 42.9 Å². The van der Waals surface area contributed by atoms with Crippen LogP contribution in [0.3, 0.4) is 0 Å². The fourth-order valence-electron chi connectivity index (χ4n) is 3.29. The van der Waals surface area contributed by atoms with E-state index in [1.165, 1.54) is 35.5 Å². The van der Waals surface area contributed by atoms with Crippen molar-refractivity contribution in [3.05, 3.63) is 29.8 Å². The van der Waals surface area contributed by atoms with Crippen LogP contribution in [0.25, 0.3) is 0 Å². The minimum atomic E-state index is -4.81. The SMILES string of the molecule is CC(=O)Nc1nnc(S(=O)(=O)N2CCN(c3ccc(C(C)(O)C(F)(F)F)cc3)C(C)C2)s1. The number of aliphatic hydroxyl groups is 1. The summed E-state index contributed by atoms with van der Waals surface area (Å²) in [5.41, 5.74) is -2.64. The third-order valence-corrected chi connectivity index (χ3v) is 8.20. The largest absolute Gasteiger partial charge is 0.421 e. The number of sulfonamides is 1. The van der Waals surface area contributed by atoms with E-state index in [9.17, 15) is 31.5 Å². The van der Waals surface area contributed by atoms with Crippen LogP contribution in [0.15, 0.2) is 28.6 Å². The number of carbonyl (C=O) groups is 1. The van der Waals surface area contributed by atoms with Crippen molar-refractivity contribution in [1.82, 2.24) is 14.5 Å². The highest BCUT2D eigenvalue weighted by Crippen LogP contribution is 2.39. The molecule has 1 aliphatic heterocycles. The molecule has 1 amide bonds. The van der Waals surface area contributed by atoms with Gasteiger partial charge in [-0.25, -0.2) is 8.42 Å². The van der Waals surface area contributed by atoms with E-state index < -0.39 is 27.7 Å². The Bertz CT molecular complexity index is 1090. The summed E-state index contributed by atoms with van der Waals surface area (Å²) in [4.78, 5) is 13.0. The maximum atomic E-state index is 13.0. The molecule has 9 nitrogen and oxygen atoms in total. The first-order chi connectivity index (χ1) is 14.7. The Labute approximate surface area is 186 Å². The monoisotopic (exact) mass is 493 g/mol. The molecule has 176 valence electrons. The van der Waals surface area contributed by atoms with Crippen molar-refractivity contribution in [3.8, 4) is 0 Å². The van der Waals surface area contributed by atoms with Crippen LogP contribution in [0.2, 0.25) is 0 Å². The van der Waals surface area contributed by atoms with Gasteiger partial charge in [0.25, 0.3) is 10.0 Å². The molecule has 2 atom stereocenters. The summed E-state index contributed by atoms with van der Waals surface area (Å²) in [6, 6.07) is 5.09. The fraction of sp³-hybridized carbons (Fsp3) is 0.500. The van der Waals surface area contributed by atoms with Gasteiger partial charge in [0, 0.05) is 38.3 Å². The number of aromatic nitrogens is 2. The lowest BCUT2D eigenvalue weighted by Crippen LogP contribution is -2.53. The number of halogens is 3. The molecule has 1 aromatic carbocycles. The van der Waals surface area contributed by atoms with Gasteiger partial charge < -0.3 is 15.3 Å². The number of amides is 1. The smallest absolute Gasteiger partial charge is 0.376 e. The van der Waals surface area contributed by atoms with Crippen LogP contribution in [0.4, 0.5) is 24.0 Å². The molecule has 0 aliphatic carbocycles. The van der Waals surface area contributed by atoms with E-state index in [1.807, 2.05) is 4.90 Å². The summed E-state index contributed by atoms with van der Waals surface area (Å²) in [5.74, 6) is -0.393. The van der Waals surface area contributed by atoms with E-state index in [0.29, 0.717) is 19.2 Å². The molecule has 14 heteroatoms. The van der Waals surface area contributed by atoms with Gasteiger partial charge in [-0.15, -0.1) is 10.2 Å². The zero-order chi connectivity index (χ0) is 23.9. The molecule has 1 aliphatic rings. The topological polar surface area (TPSA) is 116 Å². The summed E-state index contributed by atoms with van der Waals surface area (Å²) in [7, 11) is -3.92. The molecule has 0 radical (unpaired) electrons. The molecule has 0 bridgehead atoms. The second-order valence-corrected chi connectivity index (χ2v) is 10.7. The van der Waals surface area contributed by atoms with E-state index in [-0.39, 0.29) is 34.2 Å². The average molecular weight is 494 g/mol. The summed E-state index contributed by atoms with van der Waals surface area (Å²) >= 11 is 0.753. The van der Waals surface area contributed by atoms with Gasteiger partial charge in [-0.3, -0.25) is 4.79 Å². The van der Waals surface area contributed by atoms with E-state index in [0.717, 1.165) is 11.3 Å². The van der Waals surface area contributed by atoms with Crippen LogP contribution in [0, 0.1) is 0 Å². The highest BCUT2D eigenvalue weighted by molar-refractivity contribution is 7.91. The van der Waals surface area contributed by atoms with Gasteiger partial charge in [0.15, 0.2) is 5.60 Å². The van der Waals surface area contributed by atoms with Crippen LogP contribution in [-0.2, 0) is 20.4 Å². The standard InChI is InChI=1S/C18H22F3N5O4S2/c1-11-10-25(32(29,30)16-24-23-15(31-16)22-12(2)27)8-9-26(11)14-6-4-13(5-7-14)17(3,28)18(19,20)21/h4-7,11,28H,8-10H2,1-3H3,(H,22,23,27). The van der Waals surface area contributed by atoms with Gasteiger partial charge in [-0.2, -0.15) is 17.5 Å². The molecular formula is C18H22F3N5O4S2. The number of nitrogens with one attached hydrogen (secondary N) is 1. The summed E-state index contributed by atoms with van der Waals surface area (Å²) in [6.07, 6.45) is -4.81. The molecule has 2 aromatic rings. The van der Waals surface area contributed by atoms with Crippen molar-refractivity contribution in [2.75, 3.05) is 29.9 Å². The minimum Gasteiger partial charge on any atom is -0.376 e. The second kappa shape index (κ2) is 8.57. The lowest BCUT2D eigenvalue weighted by atomic mass is 9.95. The zero-order valence-electron chi connectivity index (χ0n) is 17.4. The van der Waals surface area contributed by atoms with Crippen molar-refractivity contribution >= 4 is 38.1 Å². The van der Waals surface area contributed by atoms with Crippen LogP contribution in [0.5, 0.6) is 0 Å². The van der Waals surface area contributed by atoms with Gasteiger partial charge in [0.1, 0.15) is 0 Å². The Balaban J connectivity index is 1.72. The van der Waals surface area contributed by atoms with Crippen LogP contribution < -0.4 is 10.2 Å². The summed E-state index contributed by atoms with van der Waals surface area (Å²) in [6.45, 7) is 4.31. The molecule has 1 fully saturated rings. The van der Waals surface area contributed by atoms with Gasteiger partial charge >= 0.3 is 6.18 Å². The Kier molecular flexibility index (Phi) is 6.52. The molecule has 32 heavy (non-hydrogen) atoms. The predicted octanol–water partition coefficient (Wildman–Crippen LogP) is 2.17. The molecule has 2 heterocycles. The number of anilines is 2. The number of nitrogens with zero attached hydrogens (tertiary/aromatic N) is 4. The maximum absolute atomic E-state index is 13.0. The Morgan fingerprint density at radius 2 is 1.84 bits per heavy atom. The lowest BCUT2D eigenvalue weighted by Gasteiger charge is -2.40. The zero-order valence-corrected chi connectivity index (χ0v) is 19.1. The molecule has 0 spiro atoms. The average Bonchev–Trinajstić information content (AvgIpc) is 3.15. The second-order valence-electron chi connectivity index (χ2n) is 7.58. The van der Waals surface area contributed by atoms with Gasteiger partial charge in [-0.1, -0.05) is 23.5 Å². The number of hydrogen-bond acceptors (Lipinski definition) is 8. The van der Waals surface area contributed by atoms with Gasteiger partial charge in [0.2, 0.25) is 15.4 Å². The third kappa shape index (κ3) is 4.72. The fourth-order valence-corrected chi connectivity index (χ4v) is 5.89. The third-order valence-electron chi connectivity index (χ3n) is 5.15. The molecule has 1 aromatic heterocycles. The number of carbonyl (C=O) groups excluding carboxylic acids is 1. The van der Waals surface area contributed by atoms with Crippen molar-refractivity contribution < 1.29 is 31.5 Å². The predicted molar refractivity (Wildman–Crippen MR) is 112 cm³/mol. The number of alkyl halides is 3. The normalized spacial score (nSPS) is 20.1. The molecule has 0 saturated carbocycles. The van der Waals surface area contributed by atoms with E-state index in [2.05, 4.69) is 15.5 Å². The molecular weight excluding hydrogens is 471 g/mol. The number of hydrogen-bond donors (Lipinski definition) is 2. The Morgan fingerprint density at radius 3 is 2.38 bits per heavy atom. The molecule has 3 rings (SSSR count). The number of rotatable bonds is 5. The van der Waals surface area contributed by atoms with Crippen molar-refractivity contribution in [1.29, 1.82) is 0 Å². The molecule has 2 N–H and O–H groups in total.